The van der Waals surface area contributed by atoms with Gasteiger partial charge >= 0.3 is 0 Å². The van der Waals surface area contributed by atoms with Gasteiger partial charge in [-0.1, -0.05) is 49.7 Å². The van der Waals surface area contributed by atoms with Crippen LogP contribution < -0.4 is 5.73 Å². The molecule has 0 saturated carbocycles. The van der Waals surface area contributed by atoms with Gasteiger partial charge in [0.25, 0.3) is 0 Å². The van der Waals surface area contributed by atoms with Gasteiger partial charge in [0.1, 0.15) is 0 Å². The molecule has 0 saturated heterocycles. The molecule has 1 unspecified atom stereocenters. The van der Waals surface area contributed by atoms with Crippen LogP contribution in [-0.2, 0) is 0 Å². The highest BCUT2D eigenvalue weighted by atomic mass is 35.5. The average molecular weight is 234 g/mol. The lowest BCUT2D eigenvalue weighted by atomic mass is 9.95. The molecule has 2 aromatic rings. The third-order valence-electron chi connectivity index (χ3n) is 2.94. The van der Waals surface area contributed by atoms with Gasteiger partial charge < -0.3 is 5.73 Å². The van der Waals surface area contributed by atoms with E-state index in [4.69, 9.17) is 17.3 Å². The van der Waals surface area contributed by atoms with E-state index in [0.717, 1.165) is 21.4 Å². The standard InChI is InChI=1S/C14H16ClN/c1-9(2)14(16)11-7-10-5-3-4-6-12(10)13(15)8-11/h3-9,14H,16H2,1-2H3. The third kappa shape index (κ3) is 2.06. The summed E-state index contributed by atoms with van der Waals surface area (Å²) >= 11 is 6.26. The summed E-state index contributed by atoms with van der Waals surface area (Å²) in [6.45, 7) is 4.24. The highest BCUT2D eigenvalue weighted by Gasteiger charge is 2.12. The second kappa shape index (κ2) is 4.44. The van der Waals surface area contributed by atoms with Crippen molar-refractivity contribution in [3.63, 3.8) is 0 Å². The number of halogens is 1. The molecule has 84 valence electrons. The summed E-state index contributed by atoms with van der Waals surface area (Å²) in [6, 6.07) is 12.3. The molecular weight excluding hydrogens is 218 g/mol. The Morgan fingerprint density at radius 2 is 1.81 bits per heavy atom. The zero-order chi connectivity index (χ0) is 11.7. The van der Waals surface area contributed by atoms with Crippen LogP contribution in [-0.4, -0.2) is 0 Å². The minimum atomic E-state index is 0.0436. The monoisotopic (exact) mass is 233 g/mol. The molecule has 0 aliphatic rings. The first-order valence-corrected chi connectivity index (χ1v) is 5.91. The van der Waals surface area contributed by atoms with Gasteiger partial charge in [-0.3, -0.25) is 0 Å². The van der Waals surface area contributed by atoms with Gasteiger partial charge in [0.05, 0.1) is 0 Å². The number of hydrogen-bond acceptors (Lipinski definition) is 1. The van der Waals surface area contributed by atoms with Crippen molar-refractivity contribution in [3.05, 3.63) is 47.0 Å². The Labute approximate surface area is 101 Å². The number of benzene rings is 2. The maximum Gasteiger partial charge on any atom is 0.0487 e. The van der Waals surface area contributed by atoms with E-state index in [1.54, 1.807) is 0 Å². The fourth-order valence-corrected chi connectivity index (χ4v) is 2.16. The SMILES string of the molecule is CC(C)C(N)c1cc(Cl)c2ccccc2c1. The Balaban J connectivity index is 2.58. The number of rotatable bonds is 2. The number of fused-ring (bicyclic) bond motifs is 1. The molecule has 0 aromatic heterocycles. The predicted molar refractivity (Wildman–Crippen MR) is 70.7 cm³/mol. The zero-order valence-corrected chi connectivity index (χ0v) is 10.3. The third-order valence-corrected chi connectivity index (χ3v) is 3.25. The first kappa shape index (κ1) is 11.4. The summed E-state index contributed by atoms with van der Waals surface area (Å²) in [7, 11) is 0. The molecule has 0 aliphatic carbocycles. The van der Waals surface area contributed by atoms with Crippen molar-refractivity contribution >= 4 is 22.4 Å². The normalized spacial score (nSPS) is 13.3. The van der Waals surface area contributed by atoms with Crippen LogP contribution in [0.3, 0.4) is 0 Å². The van der Waals surface area contributed by atoms with Crippen LogP contribution in [0.2, 0.25) is 5.02 Å². The van der Waals surface area contributed by atoms with Crippen molar-refractivity contribution in [2.75, 3.05) is 0 Å². The number of hydrogen-bond donors (Lipinski definition) is 1. The second-order valence-electron chi connectivity index (χ2n) is 4.49. The maximum absolute atomic E-state index is 6.26. The summed E-state index contributed by atoms with van der Waals surface area (Å²) in [6.07, 6.45) is 0. The molecule has 1 nitrogen and oxygen atoms in total. The lowest BCUT2D eigenvalue weighted by Crippen LogP contribution is -2.16. The van der Waals surface area contributed by atoms with Gasteiger partial charge in [0, 0.05) is 16.5 Å². The van der Waals surface area contributed by atoms with Crippen LogP contribution in [0.1, 0.15) is 25.5 Å². The van der Waals surface area contributed by atoms with Crippen molar-refractivity contribution in [1.82, 2.24) is 0 Å². The molecule has 1 atom stereocenters. The molecule has 16 heavy (non-hydrogen) atoms. The van der Waals surface area contributed by atoms with Crippen LogP contribution in [0.4, 0.5) is 0 Å². The molecule has 0 heterocycles. The summed E-state index contributed by atoms with van der Waals surface area (Å²) in [5.74, 6) is 0.414. The second-order valence-corrected chi connectivity index (χ2v) is 4.90. The largest absolute Gasteiger partial charge is 0.324 e. The molecule has 0 fully saturated rings. The first-order valence-electron chi connectivity index (χ1n) is 5.53. The minimum Gasteiger partial charge on any atom is -0.324 e. The fourth-order valence-electron chi connectivity index (χ4n) is 1.86. The van der Waals surface area contributed by atoms with Crippen LogP contribution >= 0.6 is 11.6 Å². The minimum absolute atomic E-state index is 0.0436. The molecule has 2 aromatic carbocycles. The van der Waals surface area contributed by atoms with Gasteiger partial charge in [-0.15, -0.1) is 0 Å². The molecule has 0 radical (unpaired) electrons. The molecular formula is C14H16ClN. The molecule has 2 heteroatoms. The van der Waals surface area contributed by atoms with Crippen molar-refractivity contribution in [2.45, 2.75) is 19.9 Å². The van der Waals surface area contributed by atoms with Gasteiger partial charge in [-0.2, -0.15) is 0 Å². The van der Waals surface area contributed by atoms with E-state index in [1.165, 1.54) is 0 Å². The van der Waals surface area contributed by atoms with E-state index in [1.807, 2.05) is 24.3 Å². The van der Waals surface area contributed by atoms with E-state index in [9.17, 15) is 0 Å². The predicted octanol–water partition coefficient (Wildman–Crippen LogP) is 4.15. The lowest BCUT2D eigenvalue weighted by molar-refractivity contribution is 0.515. The van der Waals surface area contributed by atoms with Crippen molar-refractivity contribution in [2.24, 2.45) is 11.7 Å². The fraction of sp³-hybridized carbons (Fsp3) is 0.286. The lowest BCUT2D eigenvalue weighted by Gasteiger charge is -2.17. The van der Waals surface area contributed by atoms with Gasteiger partial charge in [-0.25, -0.2) is 0 Å². The Hall–Kier alpha value is -1.05. The van der Waals surface area contributed by atoms with E-state index >= 15 is 0 Å². The summed E-state index contributed by atoms with van der Waals surface area (Å²) in [4.78, 5) is 0. The highest BCUT2D eigenvalue weighted by Crippen LogP contribution is 2.29. The van der Waals surface area contributed by atoms with Crippen molar-refractivity contribution < 1.29 is 0 Å². The zero-order valence-electron chi connectivity index (χ0n) is 9.57. The molecule has 0 amide bonds. The Kier molecular flexibility index (Phi) is 3.17. The van der Waals surface area contributed by atoms with Crippen LogP contribution in [0.25, 0.3) is 10.8 Å². The van der Waals surface area contributed by atoms with Gasteiger partial charge in [-0.05, 0) is 29.0 Å². The Bertz CT molecular complexity index is 505. The van der Waals surface area contributed by atoms with Crippen LogP contribution in [0, 0.1) is 5.92 Å². The molecule has 0 spiro atoms. The average Bonchev–Trinajstić information content (AvgIpc) is 2.28. The van der Waals surface area contributed by atoms with E-state index in [-0.39, 0.29) is 6.04 Å². The van der Waals surface area contributed by atoms with E-state index in [2.05, 4.69) is 26.0 Å². The summed E-state index contributed by atoms with van der Waals surface area (Å²) in [5.41, 5.74) is 7.25. The topological polar surface area (TPSA) is 26.0 Å². The van der Waals surface area contributed by atoms with Crippen LogP contribution in [0.15, 0.2) is 36.4 Å². The van der Waals surface area contributed by atoms with E-state index in [0.29, 0.717) is 5.92 Å². The molecule has 0 bridgehead atoms. The molecule has 2 N–H and O–H groups in total. The smallest absolute Gasteiger partial charge is 0.0487 e. The Morgan fingerprint density at radius 3 is 2.50 bits per heavy atom. The van der Waals surface area contributed by atoms with E-state index < -0.39 is 0 Å². The van der Waals surface area contributed by atoms with Crippen molar-refractivity contribution in [3.8, 4) is 0 Å². The quantitative estimate of drug-likeness (QED) is 0.829. The van der Waals surface area contributed by atoms with Crippen molar-refractivity contribution in [1.29, 1.82) is 0 Å². The van der Waals surface area contributed by atoms with Crippen LogP contribution in [0.5, 0.6) is 0 Å². The molecule has 0 aliphatic heterocycles. The molecule has 2 rings (SSSR count). The number of nitrogens with two attached hydrogens (primary N) is 1. The highest BCUT2D eigenvalue weighted by molar-refractivity contribution is 6.35. The first-order chi connectivity index (χ1) is 7.59. The van der Waals surface area contributed by atoms with Gasteiger partial charge in [0.2, 0.25) is 0 Å². The summed E-state index contributed by atoms with van der Waals surface area (Å²) in [5, 5.41) is 3.02. The van der Waals surface area contributed by atoms with Gasteiger partial charge in [0.15, 0.2) is 0 Å². The Morgan fingerprint density at radius 1 is 1.12 bits per heavy atom. The maximum atomic E-state index is 6.26. The summed E-state index contributed by atoms with van der Waals surface area (Å²) < 4.78 is 0.